The van der Waals surface area contributed by atoms with Gasteiger partial charge in [-0.2, -0.15) is 10.2 Å². The Balaban J connectivity index is 1.55. The Morgan fingerprint density at radius 3 is 2.65 bits per heavy atom. The lowest BCUT2D eigenvalue weighted by molar-refractivity contribution is 0.0955. The maximum Gasteiger partial charge on any atom is 0.271 e. The highest BCUT2D eigenvalue weighted by Crippen LogP contribution is 2.28. The van der Waals surface area contributed by atoms with Crippen LogP contribution in [0, 0.1) is 6.92 Å². The lowest BCUT2D eigenvalue weighted by Crippen LogP contribution is -2.37. The van der Waals surface area contributed by atoms with Crippen LogP contribution in [0.1, 0.15) is 21.6 Å². The van der Waals surface area contributed by atoms with E-state index in [1.807, 2.05) is 47.8 Å². The van der Waals surface area contributed by atoms with Crippen molar-refractivity contribution in [2.45, 2.75) is 6.92 Å². The van der Waals surface area contributed by atoms with Gasteiger partial charge in [0.2, 0.25) is 0 Å². The highest BCUT2D eigenvalue weighted by Gasteiger charge is 2.20. The molecule has 1 saturated heterocycles. The maximum atomic E-state index is 12.3. The standard InChI is InChI=1S/C23H22N6O2/c1-16-19(15-24-26-23(30)17-7-3-2-4-8-17)22-25-21(28-11-13-31-14-12-28)18-9-5-6-10-20(18)29(22)27-16/h2-10,15H,11-14H2,1H3,(H,26,30)/b24-15-. The Morgan fingerprint density at radius 2 is 1.84 bits per heavy atom. The minimum atomic E-state index is -0.265. The number of rotatable bonds is 4. The van der Waals surface area contributed by atoms with Crippen molar-refractivity contribution in [3.05, 3.63) is 71.4 Å². The van der Waals surface area contributed by atoms with E-state index >= 15 is 0 Å². The first kappa shape index (κ1) is 19.2. The molecule has 0 atom stereocenters. The number of aromatic nitrogens is 3. The zero-order valence-corrected chi connectivity index (χ0v) is 17.2. The smallest absolute Gasteiger partial charge is 0.271 e. The fourth-order valence-electron chi connectivity index (χ4n) is 3.79. The molecule has 156 valence electrons. The second kappa shape index (κ2) is 8.16. The number of aryl methyl sites for hydroxylation is 1. The normalized spacial score (nSPS) is 14.5. The van der Waals surface area contributed by atoms with Gasteiger partial charge >= 0.3 is 0 Å². The first-order valence-electron chi connectivity index (χ1n) is 10.2. The third-order valence-corrected chi connectivity index (χ3v) is 5.37. The predicted molar refractivity (Wildman–Crippen MR) is 120 cm³/mol. The van der Waals surface area contributed by atoms with Gasteiger partial charge in [0.05, 0.1) is 36.2 Å². The second-order valence-corrected chi connectivity index (χ2v) is 7.35. The van der Waals surface area contributed by atoms with Crippen molar-refractivity contribution in [3.63, 3.8) is 0 Å². The van der Waals surface area contributed by atoms with Gasteiger partial charge in [-0.3, -0.25) is 4.79 Å². The van der Waals surface area contributed by atoms with Crippen LogP contribution in [0.25, 0.3) is 16.6 Å². The lowest BCUT2D eigenvalue weighted by atomic mass is 10.2. The molecule has 3 heterocycles. The number of fused-ring (bicyclic) bond motifs is 3. The molecular formula is C23H22N6O2. The molecule has 0 aliphatic carbocycles. The molecular weight excluding hydrogens is 392 g/mol. The monoisotopic (exact) mass is 414 g/mol. The molecule has 2 aromatic carbocycles. The molecule has 0 radical (unpaired) electrons. The summed E-state index contributed by atoms with van der Waals surface area (Å²) in [7, 11) is 0. The SMILES string of the molecule is Cc1nn2c(nc(N3CCOCC3)c3ccccc32)c1/C=N\NC(=O)c1ccccc1. The topological polar surface area (TPSA) is 84.1 Å². The van der Waals surface area contributed by atoms with E-state index in [1.165, 1.54) is 0 Å². The number of hydrazone groups is 1. The van der Waals surface area contributed by atoms with Gasteiger partial charge in [0.15, 0.2) is 5.65 Å². The summed E-state index contributed by atoms with van der Waals surface area (Å²) >= 11 is 0. The largest absolute Gasteiger partial charge is 0.378 e. The van der Waals surface area contributed by atoms with E-state index in [4.69, 9.17) is 14.8 Å². The number of hydrogen-bond donors (Lipinski definition) is 1. The number of nitrogens with zero attached hydrogens (tertiary/aromatic N) is 5. The Hall–Kier alpha value is -3.78. The number of hydrogen-bond acceptors (Lipinski definition) is 6. The van der Waals surface area contributed by atoms with Crippen LogP contribution < -0.4 is 10.3 Å². The van der Waals surface area contributed by atoms with E-state index in [1.54, 1.807) is 18.3 Å². The minimum absolute atomic E-state index is 0.265. The van der Waals surface area contributed by atoms with E-state index < -0.39 is 0 Å². The number of carbonyl (C=O) groups is 1. The Kier molecular flexibility index (Phi) is 5.05. The first-order valence-corrected chi connectivity index (χ1v) is 10.2. The molecule has 0 spiro atoms. The Labute approximate surface area is 179 Å². The van der Waals surface area contributed by atoms with Crippen LogP contribution in [0.15, 0.2) is 59.7 Å². The molecule has 4 aromatic rings. The molecule has 1 N–H and O–H groups in total. The van der Waals surface area contributed by atoms with Crippen LogP contribution in [-0.2, 0) is 4.74 Å². The third-order valence-electron chi connectivity index (χ3n) is 5.37. The molecule has 5 rings (SSSR count). The fourth-order valence-corrected chi connectivity index (χ4v) is 3.79. The number of anilines is 1. The van der Waals surface area contributed by atoms with Gasteiger partial charge in [-0.25, -0.2) is 14.9 Å². The first-order chi connectivity index (χ1) is 15.2. The van der Waals surface area contributed by atoms with Crippen molar-refractivity contribution in [1.29, 1.82) is 0 Å². The molecule has 31 heavy (non-hydrogen) atoms. The fraction of sp³-hybridized carbons (Fsp3) is 0.217. The quantitative estimate of drug-likeness (QED) is 0.410. The number of morpholine rings is 1. The summed E-state index contributed by atoms with van der Waals surface area (Å²) in [6, 6.07) is 17.1. The number of benzene rings is 2. The predicted octanol–water partition coefficient (Wildman–Crippen LogP) is 2.79. The van der Waals surface area contributed by atoms with Crippen molar-refractivity contribution >= 4 is 34.5 Å². The number of ether oxygens (including phenoxy) is 1. The lowest BCUT2D eigenvalue weighted by Gasteiger charge is -2.28. The average molecular weight is 414 g/mol. The van der Waals surface area contributed by atoms with Crippen LogP contribution in [0.5, 0.6) is 0 Å². The molecule has 0 unspecified atom stereocenters. The summed E-state index contributed by atoms with van der Waals surface area (Å²) in [5.74, 6) is 0.646. The summed E-state index contributed by atoms with van der Waals surface area (Å²) < 4.78 is 7.35. The van der Waals surface area contributed by atoms with E-state index in [2.05, 4.69) is 21.5 Å². The minimum Gasteiger partial charge on any atom is -0.378 e. The average Bonchev–Trinajstić information content (AvgIpc) is 3.15. The van der Waals surface area contributed by atoms with E-state index in [0.717, 1.165) is 41.1 Å². The summed E-state index contributed by atoms with van der Waals surface area (Å²) in [4.78, 5) is 19.5. The van der Waals surface area contributed by atoms with Crippen LogP contribution >= 0.6 is 0 Å². The number of amides is 1. The summed E-state index contributed by atoms with van der Waals surface area (Å²) in [6.45, 7) is 4.85. The van der Waals surface area contributed by atoms with Gasteiger partial charge in [-0.05, 0) is 31.2 Å². The molecule has 8 heteroatoms. The number of nitrogens with one attached hydrogen (secondary N) is 1. The Morgan fingerprint density at radius 1 is 1.10 bits per heavy atom. The van der Waals surface area contributed by atoms with Gasteiger partial charge in [-0.15, -0.1) is 0 Å². The van der Waals surface area contributed by atoms with Gasteiger partial charge < -0.3 is 9.64 Å². The van der Waals surface area contributed by atoms with Gasteiger partial charge in [0, 0.05) is 24.0 Å². The van der Waals surface area contributed by atoms with Crippen molar-refractivity contribution in [1.82, 2.24) is 20.0 Å². The molecule has 1 aliphatic rings. The van der Waals surface area contributed by atoms with E-state index in [-0.39, 0.29) is 5.91 Å². The van der Waals surface area contributed by atoms with Crippen LogP contribution in [0.3, 0.4) is 0 Å². The maximum absolute atomic E-state index is 12.3. The van der Waals surface area contributed by atoms with Crippen molar-refractivity contribution in [2.75, 3.05) is 31.2 Å². The number of carbonyl (C=O) groups excluding carboxylic acids is 1. The zero-order chi connectivity index (χ0) is 21.2. The van der Waals surface area contributed by atoms with E-state index in [0.29, 0.717) is 24.4 Å². The highest BCUT2D eigenvalue weighted by atomic mass is 16.5. The Bertz CT molecular complexity index is 1280. The van der Waals surface area contributed by atoms with Crippen molar-refractivity contribution < 1.29 is 9.53 Å². The zero-order valence-electron chi connectivity index (χ0n) is 17.2. The van der Waals surface area contributed by atoms with Crippen molar-refractivity contribution in [2.24, 2.45) is 5.10 Å². The molecule has 1 aliphatic heterocycles. The molecule has 8 nitrogen and oxygen atoms in total. The van der Waals surface area contributed by atoms with Crippen LogP contribution in [0.2, 0.25) is 0 Å². The summed E-state index contributed by atoms with van der Waals surface area (Å²) in [5.41, 5.74) is 6.37. The molecule has 0 bridgehead atoms. The summed E-state index contributed by atoms with van der Waals surface area (Å²) in [6.07, 6.45) is 1.61. The van der Waals surface area contributed by atoms with E-state index in [9.17, 15) is 4.79 Å². The van der Waals surface area contributed by atoms with Crippen molar-refractivity contribution in [3.8, 4) is 0 Å². The third kappa shape index (κ3) is 3.62. The highest BCUT2D eigenvalue weighted by molar-refractivity contribution is 5.98. The van der Waals surface area contributed by atoms with Gasteiger partial charge in [0.25, 0.3) is 5.91 Å². The second-order valence-electron chi connectivity index (χ2n) is 7.35. The molecule has 1 fully saturated rings. The summed E-state index contributed by atoms with van der Waals surface area (Å²) in [5, 5.41) is 9.90. The molecule has 2 aromatic heterocycles. The van der Waals surface area contributed by atoms with Gasteiger partial charge in [-0.1, -0.05) is 30.3 Å². The van der Waals surface area contributed by atoms with Gasteiger partial charge in [0.1, 0.15) is 5.82 Å². The molecule has 1 amide bonds. The van der Waals surface area contributed by atoms with Crippen LogP contribution in [0.4, 0.5) is 5.82 Å². The van der Waals surface area contributed by atoms with Crippen LogP contribution in [-0.4, -0.2) is 53.0 Å². The number of para-hydroxylation sites is 1. The molecule has 0 saturated carbocycles.